The van der Waals surface area contributed by atoms with Gasteiger partial charge in [-0.25, -0.2) is 4.79 Å². The second-order valence-electron chi connectivity index (χ2n) is 5.53. The van der Waals surface area contributed by atoms with Gasteiger partial charge in [-0.15, -0.1) is 0 Å². The summed E-state index contributed by atoms with van der Waals surface area (Å²) in [5.41, 5.74) is 0. The molecule has 18 heavy (non-hydrogen) atoms. The molecule has 0 aromatic heterocycles. The second-order valence-corrected chi connectivity index (χ2v) is 5.53. The van der Waals surface area contributed by atoms with Gasteiger partial charge in [0.2, 0.25) is 0 Å². The zero-order valence-electron chi connectivity index (χ0n) is 11.5. The molecule has 2 N–H and O–H groups in total. The highest BCUT2D eigenvalue weighted by molar-refractivity contribution is 5.74. The van der Waals surface area contributed by atoms with Crippen molar-refractivity contribution < 1.29 is 14.7 Å². The van der Waals surface area contributed by atoms with Crippen LogP contribution < -0.4 is 5.32 Å². The predicted octanol–water partition coefficient (Wildman–Crippen LogP) is 1.93. The summed E-state index contributed by atoms with van der Waals surface area (Å²) in [6.45, 7) is 7.40. The third kappa shape index (κ3) is 4.55. The summed E-state index contributed by atoms with van der Waals surface area (Å²) in [5.74, 6) is -0.289. The molecular weight excluding hydrogens is 232 g/mol. The van der Waals surface area contributed by atoms with Crippen LogP contribution in [0.2, 0.25) is 0 Å². The Hall–Kier alpha value is -1.26. The molecule has 0 aliphatic carbocycles. The van der Waals surface area contributed by atoms with Gasteiger partial charge in [0.25, 0.3) is 0 Å². The van der Waals surface area contributed by atoms with E-state index in [0.29, 0.717) is 12.5 Å². The molecule has 1 rings (SSSR count). The Labute approximate surface area is 109 Å². The topological polar surface area (TPSA) is 69.6 Å². The van der Waals surface area contributed by atoms with Crippen LogP contribution in [0.25, 0.3) is 0 Å². The summed E-state index contributed by atoms with van der Waals surface area (Å²) in [6.07, 6.45) is 1.95. The molecule has 5 heteroatoms. The molecule has 1 fully saturated rings. The molecule has 0 bridgehead atoms. The minimum Gasteiger partial charge on any atom is -0.481 e. The third-order valence-corrected chi connectivity index (χ3v) is 3.62. The Kier molecular flexibility index (Phi) is 5.44. The molecule has 2 unspecified atom stereocenters. The number of rotatable bonds is 4. The van der Waals surface area contributed by atoms with E-state index >= 15 is 0 Å². The van der Waals surface area contributed by atoms with E-state index in [1.807, 2.05) is 6.92 Å². The van der Waals surface area contributed by atoms with Crippen molar-refractivity contribution in [3.63, 3.8) is 0 Å². The van der Waals surface area contributed by atoms with Crippen molar-refractivity contribution in [2.24, 2.45) is 11.8 Å². The minimum absolute atomic E-state index is 0.0636. The van der Waals surface area contributed by atoms with Gasteiger partial charge in [-0.1, -0.05) is 13.8 Å². The molecule has 1 heterocycles. The van der Waals surface area contributed by atoms with Gasteiger partial charge in [0, 0.05) is 25.6 Å². The lowest BCUT2D eigenvalue weighted by atomic mass is 9.95. The smallest absolute Gasteiger partial charge is 0.317 e. The standard InChI is InChI=1S/C13H24N2O3/c1-9(2)10(3)14-13(18)15-6-4-5-11(8-15)7-12(16)17/h9-11H,4-8H2,1-3H3,(H,14,18)(H,16,17). The van der Waals surface area contributed by atoms with Gasteiger partial charge in [0.1, 0.15) is 0 Å². The van der Waals surface area contributed by atoms with Crippen molar-refractivity contribution in [1.29, 1.82) is 0 Å². The molecule has 0 aromatic carbocycles. The number of carboxylic acid groups (broad SMARTS) is 1. The van der Waals surface area contributed by atoms with E-state index in [4.69, 9.17) is 5.11 Å². The van der Waals surface area contributed by atoms with Gasteiger partial charge in [-0.2, -0.15) is 0 Å². The number of aliphatic carboxylic acids is 1. The van der Waals surface area contributed by atoms with Crippen molar-refractivity contribution in [2.75, 3.05) is 13.1 Å². The number of carboxylic acids is 1. The average Bonchev–Trinajstić information content (AvgIpc) is 2.28. The van der Waals surface area contributed by atoms with Gasteiger partial charge in [0.15, 0.2) is 0 Å². The molecule has 0 saturated carbocycles. The van der Waals surface area contributed by atoms with Crippen LogP contribution in [0.4, 0.5) is 4.79 Å². The number of amides is 2. The van der Waals surface area contributed by atoms with Crippen molar-refractivity contribution in [2.45, 2.75) is 46.1 Å². The first-order valence-electron chi connectivity index (χ1n) is 6.67. The van der Waals surface area contributed by atoms with Crippen LogP contribution in [0, 0.1) is 11.8 Å². The molecule has 1 aliphatic heterocycles. The minimum atomic E-state index is -0.780. The first-order valence-corrected chi connectivity index (χ1v) is 6.67. The number of likely N-dealkylation sites (tertiary alicyclic amines) is 1. The van der Waals surface area contributed by atoms with Crippen molar-refractivity contribution in [1.82, 2.24) is 10.2 Å². The SMILES string of the molecule is CC(C)C(C)NC(=O)N1CCCC(CC(=O)O)C1. The lowest BCUT2D eigenvalue weighted by Crippen LogP contribution is -2.49. The highest BCUT2D eigenvalue weighted by atomic mass is 16.4. The molecule has 1 saturated heterocycles. The first kappa shape index (κ1) is 14.8. The van der Waals surface area contributed by atoms with Gasteiger partial charge < -0.3 is 15.3 Å². The van der Waals surface area contributed by atoms with Gasteiger partial charge >= 0.3 is 12.0 Å². The fourth-order valence-corrected chi connectivity index (χ4v) is 2.12. The van der Waals surface area contributed by atoms with E-state index in [-0.39, 0.29) is 24.4 Å². The molecular formula is C13H24N2O3. The lowest BCUT2D eigenvalue weighted by Gasteiger charge is -2.33. The van der Waals surface area contributed by atoms with Crippen molar-refractivity contribution in [3.05, 3.63) is 0 Å². The van der Waals surface area contributed by atoms with Crippen molar-refractivity contribution in [3.8, 4) is 0 Å². The van der Waals surface area contributed by atoms with Crippen LogP contribution >= 0.6 is 0 Å². The molecule has 0 aromatic rings. The Morgan fingerprint density at radius 1 is 1.39 bits per heavy atom. The van der Waals surface area contributed by atoms with E-state index in [9.17, 15) is 9.59 Å². The van der Waals surface area contributed by atoms with E-state index in [1.165, 1.54) is 0 Å². The average molecular weight is 256 g/mol. The van der Waals surface area contributed by atoms with E-state index in [2.05, 4.69) is 19.2 Å². The largest absolute Gasteiger partial charge is 0.481 e. The van der Waals surface area contributed by atoms with Gasteiger partial charge in [-0.3, -0.25) is 4.79 Å². The number of hydrogen-bond acceptors (Lipinski definition) is 2. The zero-order chi connectivity index (χ0) is 13.7. The van der Waals surface area contributed by atoms with Gasteiger partial charge in [0.05, 0.1) is 0 Å². The number of carbonyl (C=O) groups is 2. The third-order valence-electron chi connectivity index (χ3n) is 3.62. The number of urea groups is 1. The molecule has 104 valence electrons. The van der Waals surface area contributed by atoms with Gasteiger partial charge in [-0.05, 0) is 31.6 Å². The van der Waals surface area contributed by atoms with Crippen LogP contribution in [-0.2, 0) is 4.79 Å². The molecule has 2 amide bonds. The summed E-state index contributed by atoms with van der Waals surface area (Å²) >= 11 is 0. The first-order chi connectivity index (χ1) is 8.40. The van der Waals surface area contributed by atoms with E-state index < -0.39 is 5.97 Å². The Balaban J connectivity index is 2.45. The van der Waals surface area contributed by atoms with Crippen LogP contribution in [0.15, 0.2) is 0 Å². The highest BCUT2D eigenvalue weighted by Crippen LogP contribution is 2.19. The zero-order valence-corrected chi connectivity index (χ0v) is 11.5. The maximum Gasteiger partial charge on any atom is 0.317 e. The maximum absolute atomic E-state index is 12.0. The summed E-state index contributed by atoms with van der Waals surface area (Å²) in [5, 5.41) is 11.8. The van der Waals surface area contributed by atoms with Crippen molar-refractivity contribution >= 4 is 12.0 Å². The summed E-state index contributed by atoms with van der Waals surface area (Å²) in [7, 11) is 0. The Morgan fingerprint density at radius 3 is 2.61 bits per heavy atom. The van der Waals surface area contributed by atoms with Crippen LogP contribution in [0.1, 0.15) is 40.0 Å². The summed E-state index contributed by atoms with van der Waals surface area (Å²) < 4.78 is 0. The molecule has 2 atom stereocenters. The molecule has 0 spiro atoms. The summed E-state index contributed by atoms with van der Waals surface area (Å²) in [4.78, 5) is 24.4. The van der Waals surface area contributed by atoms with E-state index in [1.54, 1.807) is 4.90 Å². The highest BCUT2D eigenvalue weighted by Gasteiger charge is 2.26. The molecule has 1 aliphatic rings. The number of piperidine rings is 1. The lowest BCUT2D eigenvalue weighted by molar-refractivity contribution is -0.138. The Morgan fingerprint density at radius 2 is 2.06 bits per heavy atom. The predicted molar refractivity (Wildman–Crippen MR) is 69.4 cm³/mol. The molecule has 0 radical (unpaired) electrons. The maximum atomic E-state index is 12.0. The monoisotopic (exact) mass is 256 g/mol. The number of hydrogen-bond donors (Lipinski definition) is 2. The quantitative estimate of drug-likeness (QED) is 0.807. The summed E-state index contributed by atoms with van der Waals surface area (Å²) in [6, 6.07) is 0.0728. The fourth-order valence-electron chi connectivity index (χ4n) is 2.12. The second kappa shape index (κ2) is 6.61. The Bertz CT molecular complexity index is 305. The van der Waals surface area contributed by atoms with Crippen LogP contribution in [0.5, 0.6) is 0 Å². The van der Waals surface area contributed by atoms with E-state index in [0.717, 1.165) is 19.4 Å². The normalized spacial score (nSPS) is 21.8. The number of carbonyl (C=O) groups excluding carboxylic acids is 1. The molecule has 5 nitrogen and oxygen atoms in total. The fraction of sp³-hybridized carbons (Fsp3) is 0.846. The van der Waals surface area contributed by atoms with Crippen LogP contribution in [0.3, 0.4) is 0 Å². The van der Waals surface area contributed by atoms with Crippen LogP contribution in [-0.4, -0.2) is 41.1 Å². The number of nitrogens with zero attached hydrogens (tertiary/aromatic N) is 1. The number of nitrogens with one attached hydrogen (secondary N) is 1.